The molecule has 1 aliphatic heterocycles. The monoisotopic (exact) mass is 406 g/mol. The first-order chi connectivity index (χ1) is 12.3. The first-order valence-corrected chi connectivity index (χ1v) is 10.3. The van der Waals surface area contributed by atoms with Crippen LogP contribution in [-0.2, 0) is 21.2 Å². The molecule has 0 bridgehead atoms. The molecule has 1 saturated heterocycles. The molecule has 1 N–H and O–H groups in total. The molecule has 0 aromatic heterocycles. The molecule has 1 amide bonds. The Hall–Kier alpha value is -1.90. The lowest BCUT2D eigenvalue weighted by atomic mass is 10.1. The van der Waals surface area contributed by atoms with Crippen LogP contribution in [0.25, 0.3) is 0 Å². The molecule has 2 aromatic carbocycles. The maximum atomic E-state index is 12.7. The molecule has 1 heterocycles. The number of hydrogen-bond acceptors (Lipinski definition) is 5. The third-order valence-electron chi connectivity index (χ3n) is 4.12. The highest BCUT2D eigenvalue weighted by Gasteiger charge is 2.52. The van der Waals surface area contributed by atoms with Gasteiger partial charge >= 0.3 is 0 Å². The van der Waals surface area contributed by atoms with Crippen molar-refractivity contribution in [2.24, 2.45) is 0 Å². The van der Waals surface area contributed by atoms with E-state index in [0.717, 1.165) is 15.4 Å². The quantitative estimate of drug-likeness (QED) is 0.453. The summed E-state index contributed by atoms with van der Waals surface area (Å²) in [5.74, 6) is -0.555. The number of amides is 1. The number of sulfonamides is 1. The summed E-state index contributed by atoms with van der Waals surface area (Å²) >= 11 is 9.60. The molecule has 1 fully saturated rings. The van der Waals surface area contributed by atoms with E-state index in [1.54, 1.807) is 12.1 Å². The van der Waals surface area contributed by atoms with Crippen LogP contribution in [0.3, 0.4) is 0 Å². The van der Waals surface area contributed by atoms with Crippen LogP contribution < -0.4 is 5.32 Å². The Morgan fingerprint density at radius 3 is 2.35 bits per heavy atom. The van der Waals surface area contributed by atoms with Gasteiger partial charge < -0.3 is 5.32 Å². The maximum Gasteiger partial charge on any atom is 0.267 e. The summed E-state index contributed by atoms with van der Waals surface area (Å²) in [7, 11) is -3.92. The number of carbonyl (C=O) groups excluding carboxylic acids is 1. The van der Waals surface area contributed by atoms with Crippen molar-refractivity contribution >= 4 is 45.8 Å². The van der Waals surface area contributed by atoms with Crippen molar-refractivity contribution in [2.45, 2.75) is 29.7 Å². The Balaban J connectivity index is 1.68. The highest BCUT2D eigenvalue weighted by atomic mass is 32.2. The highest BCUT2D eigenvalue weighted by Crippen LogP contribution is 2.31. The molecule has 0 radical (unpaired) electrons. The number of β-lactam (4-membered cyclic amide) rings is 1. The lowest BCUT2D eigenvalue weighted by molar-refractivity contribution is -0.137. The predicted molar refractivity (Wildman–Crippen MR) is 108 cm³/mol. The minimum absolute atomic E-state index is 0.0702. The maximum absolute atomic E-state index is 12.7. The second-order valence-electron chi connectivity index (χ2n) is 6.07. The number of aryl methyl sites for hydroxylation is 1. The van der Waals surface area contributed by atoms with E-state index in [1.165, 1.54) is 12.1 Å². The van der Waals surface area contributed by atoms with Crippen LogP contribution in [-0.4, -0.2) is 35.0 Å². The number of nitrogens with one attached hydrogen (secondary N) is 1. The van der Waals surface area contributed by atoms with Gasteiger partial charge in [0.25, 0.3) is 15.9 Å². The summed E-state index contributed by atoms with van der Waals surface area (Å²) in [6.07, 6.45) is 0.477. The van der Waals surface area contributed by atoms with Gasteiger partial charge in [-0.05, 0) is 24.6 Å². The standard InChI is InChI=1S/C18H18N2O3S3/c1-12-7-9-14(10-8-12)26(22,23)20-17(21)16(18(20)25)19-15(24)11-13-5-3-2-4-6-13/h2-10,16,18,25H,11H2,1H3,(H,19,24). The Morgan fingerprint density at radius 2 is 1.77 bits per heavy atom. The van der Waals surface area contributed by atoms with E-state index >= 15 is 0 Å². The van der Waals surface area contributed by atoms with Crippen molar-refractivity contribution in [3.8, 4) is 0 Å². The van der Waals surface area contributed by atoms with Crippen molar-refractivity contribution in [2.75, 3.05) is 0 Å². The van der Waals surface area contributed by atoms with Gasteiger partial charge in [-0.15, -0.1) is 0 Å². The molecule has 5 nitrogen and oxygen atoms in total. The van der Waals surface area contributed by atoms with Gasteiger partial charge in [-0.2, -0.15) is 12.6 Å². The van der Waals surface area contributed by atoms with E-state index < -0.39 is 27.3 Å². The Morgan fingerprint density at radius 1 is 1.15 bits per heavy atom. The average Bonchev–Trinajstić information content (AvgIpc) is 2.61. The van der Waals surface area contributed by atoms with Gasteiger partial charge in [-0.25, -0.2) is 12.7 Å². The van der Waals surface area contributed by atoms with Crippen molar-refractivity contribution < 1.29 is 13.2 Å². The Kier molecular flexibility index (Phi) is 5.36. The summed E-state index contributed by atoms with van der Waals surface area (Å²) in [5.41, 5.74) is 1.95. The molecule has 8 heteroatoms. The molecule has 3 rings (SSSR count). The van der Waals surface area contributed by atoms with Gasteiger partial charge in [-0.1, -0.05) is 60.2 Å². The van der Waals surface area contributed by atoms with Gasteiger partial charge in [0, 0.05) is 6.42 Å². The predicted octanol–water partition coefficient (Wildman–Crippen LogP) is 2.31. The average molecular weight is 407 g/mol. The molecule has 1 aliphatic rings. The third-order valence-corrected chi connectivity index (χ3v) is 6.86. The van der Waals surface area contributed by atoms with E-state index in [9.17, 15) is 13.2 Å². The first-order valence-electron chi connectivity index (χ1n) is 7.97. The molecule has 2 unspecified atom stereocenters. The molecule has 2 atom stereocenters. The summed E-state index contributed by atoms with van der Waals surface area (Å²) in [5, 5.41) is 2.12. The topological polar surface area (TPSA) is 66.5 Å². The zero-order valence-corrected chi connectivity index (χ0v) is 16.5. The van der Waals surface area contributed by atoms with Gasteiger partial charge in [0.15, 0.2) is 0 Å². The van der Waals surface area contributed by atoms with E-state index in [-0.39, 0.29) is 4.90 Å². The summed E-state index contributed by atoms with van der Waals surface area (Å²) in [4.78, 5) is 13.0. The largest absolute Gasteiger partial charge is 0.365 e. The number of rotatable bonds is 5. The molecule has 2 aromatic rings. The van der Waals surface area contributed by atoms with Crippen LogP contribution in [0.2, 0.25) is 0 Å². The first kappa shape index (κ1) is 18.9. The second kappa shape index (κ2) is 7.38. The fourth-order valence-electron chi connectivity index (χ4n) is 2.67. The fraction of sp³-hybridized carbons (Fsp3) is 0.222. The smallest absolute Gasteiger partial charge is 0.267 e. The van der Waals surface area contributed by atoms with Gasteiger partial charge in [0.2, 0.25) is 0 Å². The van der Waals surface area contributed by atoms with E-state index in [2.05, 4.69) is 17.9 Å². The van der Waals surface area contributed by atoms with Gasteiger partial charge in [-0.3, -0.25) is 4.79 Å². The lowest BCUT2D eigenvalue weighted by Crippen LogP contribution is -2.69. The Labute approximate surface area is 163 Å². The normalized spacial score (nSPS) is 19.8. The zero-order chi connectivity index (χ0) is 18.9. The summed E-state index contributed by atoms with van der Waals surface area (Å²) < 4.78 is 26.1. The number of benzene rings is 2. The van der Waals surface area contributed by atoms with Crippen LogP contribution in [0.4, 0.5) is 0 Å². The number of thiol groups is 1. The zero-order valence-electron chi connectivity index (χ0n) is 14.0. The van der Waals surface area contributed by atoms with Crippen molar-refractivity contribution in [3.63, 3.8) is 0 Å². The van der Waals surface area contributed by atoms with Crippen LogP contribution in [0.15, 0.2) is 59.5 Å². The number of thiocarbonyl (C=S) groups is 1. The van der Waals surface area contributed by atoms with Crippen molar-refractivity contribution in [1.29, 1.82) is 0 Å². The molecule has 0 spiro atoms. The summed E-state index contributed by atoms with van der Waals surface area (Å²) in [6, 6.07) is 15.2. The van der Waals surface area contributed by atoms with E-state index in [4.69, 9.17) is 12.2 Å². The molecule has 0 aliphatic carbocycles. The fourth-order valence-corrected chi connectivity index (χ4v) is 5.12. The molecular weight excluding hydrogens is 388 g/mol. The van der Waals surface area contributed by atoms with Crippen LogP contribution >= 0.6 is 24.8 Å². The number of carbonyl (C=O) groups is 1. The minimum Gasteiger partial charge on any atom is -0.365 e. The highest BCUT2D eigenvalue weighted by molar-refractivity contribution is 7.91. The second-order valence-corrected chi connectivity index (χ2v) is 8.91. The Bertz CT molecular complexity index is 928. The van der Waals surface area contributed by atoms with Crippen LogP contribution in [0.5, 0.6) is 0 Å². The van der Waals surface area contributed by atoms with Gasteiger partial charge in [0.1, 0.15) is 11.4 Å². The van der Waals surface area contributed by atoms with E-state index in [0.29, 0.717) is 11.4 Å². The van der Waals surface area contributed by atoms with Crippen LogP contribution in [0, 0.1) is 6.92 Å². The molecule has 0 saturated carbocycles. The SMILES string of the molecule is Cc1ccc(S(=O)(=O)N2C(=O)C(NC(=S)Cc3ccccc3)C2S)cc1. The lowest BCUT2D eigenvalue weighted by Gasteiger charge is -2.43. The molecule has 136 valence electrons. The van der Waals surface area contributed by atoms with Crippen LogP contribution in [0.1, 0.15) is 11.1 Å². The van der Waals surface area contributed by atoms with Crippen molar-refractivity contribution in [1.82, 2.24) is 9.62 Å². The molecule has 26 heavy (non-hydrogen) atoms. The summed E-state index contributed by atoms with van der Waals surface area (Å²) in [6.45, 7) is 1.86. The van der Waals surface area contributed by atoms with Crippen molar-refractivity contribution in [3.05, 3.63) is 65.7 Å². The van der Waals surface area contributed by atoms with Gasteiger partial charge in [0.05, 0.1) is 9.88 Å². The minimum atomic E-state index is -3.92. The number of nitrogens with zero attached hydrogens (tertiary/aromatic N) is 1. The third kappa shape index (κ3) is 3.62. The van der Waals surface area contributed by atoms with E-state index in [1.807, 2.05) is 37.3 Å². The molecular formula is C18H18N2O3S3. The number of hydrogen-bond donors (Lipinski definition) is 2.